The Labute approximate surface area is 222 Å². The van der Waals surface area contributed by atoms with E-state index in [1.807, 2.05) is 58.2 Å². The number of nitrogens with one attached hydrogen (secondary N) is 2. The highest BCUT2D eigenvalue weighted by atomic mass is 35.5. The first kappa shape index (κ1) is 35.4. The van der Waals surface area contributed by atoms with Gasteiger partial charge >= 0.3 is 0 Å². The SMILES string of the molecule is C=C(/C=C(\C)c1cccc(C(C)(F)F)c1)NC=O.C=CC(C)CCNC.CC.Cc1ccccc1Cl. The average Bonchev–Trinajstić information content (AvgIpc) is 2.86. The Morgan fingerprint density at radius 2 is 1.78 bits per heavy atom. The molecule has 0 saturated heterocycles. The van der Waals surface area contributed by atoms with Crippen molar-refractivity contribution in [1.29, 1.82) is 0 Å². The van der Waals surface area contributed by atoms with E-state index in [0.717, 1.165) is 29.6 Å². The molecule has 0 saturated carbocycles. The molecule has 1 unspecified atom stereocenters. The molecule has 0 fully saturated rings. The van der Waals surface area contributed by atoms with Crippen LogP contribution in [0.1, 0.15) is 57.7 Å². The van der Waals surface area contributed by atoms with Crippen molar-refractivity contribution in [3.63, 3.8) is 0 Å². The number of allylic oxidation sites excluding steroid dienone is 3. The Morgan fingerprint density at radius 1 is 1.17 bits per heavy atom. The Morgan fingerprint density at radius 3 is 2.22 bits per heavy atom. The molecule has 2 aromatic carbocycles. The van der Waals surface area contributed by atoms with Crippen LogP contribution < -0.4 is 10.6 Å². The summed E-state index contributed by atoms with van der Waals surface area (Å²) in [4.78, 5) is 10.2. The van der Waals surface area contributed by atoms with Crippen LogP contribution in [-0.4, -0.2) is 20.0 Å². The minimum absolute atomic E-state index is 0.0401. The van der Waals surface area contributed by atoms with E-state index in [0.29, 0.717) is 23.6 Å². The molecule has 0 bridgehead atoms. The van der Waals surface area contributed by atoms with Crippen molar-refractivity contribution in [2.24, 2.45) is 5.92 Å². The van der Waals surface area contributed by atoms with Crippen molar-refractivity contribution in [3.8, 4) is 0 Å². The molecule has 0 aliphatic rings. The molecule has 0 aromatic heterocycles. The number of carbonyl (C=O) groups is 1. The van der Waals surface area contributed by atoms with Crippen LogP contribution in [-0.2, 0) is 10.7 Å². The van der Waals surface area contributed by atoms with Crippen molar-refractivity contribution in [1.82, 2.24) is 10.6 Å². The van der Waals surface area contributed by atoms with Gasteiger partial charge in [0.2, 0.25) is 6.41 Å². The number of rotatable bonds is 9. The first-order valence-electron chi connectivity index (χ1n) is 12.0. The second kappa shape index (κ2) is 20.4. The summed E-state index contributed by atoms with van der Waals surface area (Å²) in [6, 6.07) is 13.9. The molecule has 2 rings (SSSR count). The summed E-state index contributed by atoms with van der Waals surface area (Å²) in [6.07, 6.45) is 5.32. The molecule has 200 valence electrons. The van der Waals surface area contributed by atoms with Gasteiger partial charge in [0, 0.05) is 23.2 Å². The molecule has 36 heavy (non-hydrogen) atoms. The van der Waals surface area contributed by atoms with Crippen LogP contribution >= 0.6 is 11.6 Å². The van der Waals surface area contributed by atoms with Crippen molar-refractivity contribution >= 4 is 23.6 Å². The van der Waals surface area contributed by atoms with Crippen molar-refractivity contribution in [3.05, 3.63) is 101 Å². The number of hydrogen-bond donors (Lipinski definition) is 2. The molecule has 0 radical (unpaired) electrons. The first-order valence-corrected chi connectivity index (χ1v) is 12.4. The van der Waals surface area contributed by atoms with Gasteiger partial charge in [0.1, 0.15) is 0 Å². The first-order chi connectivity index (χ1) is 17.0. The fourth-order valence-electron chi connectivity index (χ4n) is 2.54. The molecular weight excluding hydrogens is 478 g/mol. The highest BCUT2D eigenvalue weighted by Gasteiger charge is 2.24. The summed E-state index contributed by atoms with van der Waals surface area (Å²) < 4.78 is 26.4. The number of amides is 1. The van der Waals surface area contributed by atoms with Gasteiger partial charge in [-0.05, 0) is 74.7 Å². The van der Waals surface area contributed by atoms with Gasteiger partial charge in [0.05, 0.1) is 0 Å². The smallest absolute Gasteiger partial charge is 0.270 e. The maximum absolute atomic E-state index is 13.2. The normalized spacial score (nSPS) is 11.2. The molecule has 2 aromatic rings. The quantitative estimate of drug-likeness (QED) is 0.197. The molecule has 6 heteroatoms. The van der Waals surface area contributed by atoms with Crippen LogP contribution in [0.4, 0.5) is 8.78 Å². The van der Waals surface area contributed by atoms with Gasteiger partial charge in [-0.1, -0.05) is 81.4 Å². The number of alkyl halides is 2. The van der Waals surface area contributed by atoms with Gasteiger partial charge in [-0.15, -0.1) is 6.58 Å². The highest BCUT2D eigenvalue weighted by molar-refractivity contribution is 6.31. The lowest BCUT2D eigenvalue weighted by molar-refractivity contribution is -0.108. The van der Waals surface area contributed by atoms with E-state index in [1.54, 1.807) is 25.1 Å². The van der Waals surface area contributed by atoms with Gasteiger partial charge in [-0.25, -0.2) is 8.78 Å². The van der Waals surface area contributed by atoms with E-state index in [1.165, 1.54) is 18.6 Å². The molecule has 0 aliphatic heterocycles. The minimum Gasteiger partial charge on any atom is -0.329 e. The van der Waals surface area contributed by atoms with Gasteiger partial charge in [-0.3, -0.25) is 4.79 Å². The summed E-state index contributed by atoms with van der Waals surface area (Å²) in [5.74, 6) is -2.21. The largest absolute Gasteiger partial charge is 0.329 e. The van der Waals surface area contributed by atoms with Crippen molar-refractivity contribution < 1.29 is 13.6 Å². The van der Waals surface area contributed by atoms with Gasteiger partial charge in [0.15, 0.2) is 0 Å². The van der Waals surface area contributed by atoms with Gasteiger partial charge in [0.25, 0.3) is 5.92 Å². The van der Waals surface area contributed by atoms with E-state index in [9.17, 15) is 13.6 Å². The lowest BCUT2D eigenvalue weighted by Gasteiger charge is -2.12. The highest BCUT2D eigenvalue weighted by Crippen LogP contribution is 2.29. The van der Waals surface area contributed by atoms with Crippen LogP contribution in [0.5, 0.6) is 0 Å². The molecule has 0 aliphatic carbocycles. The molecule has 3 nitrogen and oxygen atoms in total. The average molecular weight is 521 g/mol. The van der Waals surface area contributed by atoms with E-state index in [2.05, 4.69) is 30.7 Å². The fourth-order valence-corrected chi connectivity index (χ4v) is 2.68. The third kappa shape index (κ3) is 16.8. The summed E-state index contributed by atoms with van der Waals surface area (Å²) in [5.41, 5.74) is 2.93. The summed E-state index contributed by atoms with van der Waals surface area (Å²) in [6.45, 7) is 19.2. The van der Waals surface area contributed by atoms with Gasteiger partial charge < -0.3 is 10.6 Å². The lowest BCUT2D eigenvalue weighted by atomic mass is 10.0. The predicted octanol–water partition coefficient (Wildman–Crippen LogP) is 8.55. The molecule has 1 atom stereocenters. The zero-order chi connectivity index (χ0) is 28.1. The third-order valence-corrected chi connectivity index (χ3v) is 5.21. The monoisotopic (exact) mass is 520 g/mol. The maximum Gasteiger partial charge on any atom is 0.270 e. The van der Waals surface area contributed by atoms with E-state index >= 15 is 0 Å². The molecule has 0 spiro atoms. The number of aryl methyl sites for hydroxylation is 1. The van der Waals surface area contributed by atoms with Crippen molar-refractivity contribution in [2.45, 2.75) is 53.9 Å². The zero-order valence-electron chi connectivity index (χ0n) is 22.8. The second-order valence-corrected chi connectivity index (χ2v) is 8.35. The Hall–Kier alpha value is -2.76. The van der Waals surface area contributed by atoms with Crippen LogP contribution in [0.2, 0.25) is 5.02 Å². The van der Waals surface area contributed by atoms with E-state index < -0.39 is 5.92 Å². The predicted molar refractivity (Wildman–Crippen MR) is 153 cm³/mol. The fraction of sp³-hybridized carbons (Fsp3) is 0.367. The lowest BCUT2D eigenvalue weighted by Crippen LogP contribution is -2.10. The number of halogens is 3. The maximum atomic E-state index is 13.2. The van der Waals surface area contributed by atoms with Crippen LogP contribution in [0.15, 0.2) is 79.5 Å². The minimum atomic E-state index is -2.87. The van der Waals surface area contributed by atoms with Crippen molar-refractivity contribution in [2.75, 3.05) is 13.6 Å². The Kier molecular flexibility index (Phi) is 20.1. The number of carbonyl (C=O) groups excluding carboxylic acids is 1. The molecule has 1 amide bonds. The second-order valence-electron chi connectivity index (χ2n) is 7.94. The van der Waals surface area contributed by atoms with Crippen LogP contribution in [0.25, 0.3) is 5.57 Å². The summed E-state index contributed by atoms with van der Waals surface area (Å²) in [5, 5.41) is 6.32. The van der Waals surface area contributed by atoms with Gasteiger partial charge in [-0.2, -0.15) is 0 Å². The van der Waals surface area contributed by atoms with E-state index in [4.69, 9.17) is 11.6 Å². The Bertz CT molecular complexity index is 916. The van der Waals surface area contributed by atoms with Crippen LogP contribution in [0, 0.1) is 12.8 Å². The zero-order valence-corrected chi connectivity index (χ0v) is 23.6. The van der Waals surface area contributed by atoms with E-state index in [-0.39, 0.29) is 5.56 Å². The molecule has 0 heterocycles. The third-order valence-electron chi connectivity index (χ3n) is 4.79. The van der Waals surface area contributed by atoms with Crippen LogP contribution in [0.3, 0.4) is 0 Å². The molecular formula is C30H43ClF2N2O. The number of benzene rings is 2. The number of hydrogen-bond acceptors (Lipinski definition) is 2. The Balaban J connectivity index is 0. The topological polar surface area (TPSA) is 41.1 Å². The standard InChI is InChI=1S/C14H15F2NO.C7H7Cl.C7H15N.C2H6/c1-10(7-11(2)17-9-18)12-5-4-6-13(8-12)14(3,15)16;1-6-4-2-3-5-7(6)8;1-4-7(2)5-6-8-3;1-2/h4-9H,2H2,1,3H3,(H,17,18);2-5H,1H3;4,7-8H,1,5-6H2,2-3H3;1-2H3/b10-7+;;;. The summed E-state index contributed by atoms with van der Waals surface area (Å²) >= 11 is 5.71. The summed E-state index contributed by atoms with van der Waals surface area (Å²) in [7, 11) is 1.97. The molecule has 2 N–H and O–H groups in total.